The average Bonchev–Trinajstić information content (AvgIpc) is 3.10. The molecule has 29 heavy (non-hydrogen) atoms. The van der Waals surface area contributed by atoms with Crippen molar-refractivity contribution >= 4 is 50.6 Å². The molecule has 3 nitrogen and oxygen atoms in total. The van der Waals surface area contributed by atoms with Crippen LogP contribution in [0.2, 0.25) is 0 Å². The van der Waals surface area contributed by atoms with Crippen molar-refractivity contribution in [2.45, 2.75) is 26.3 Å². The van der Waals surface area contributed by atoms with Crippen LogP contribution in [0.15, 0.2) is 48.5 Å². The van der Waals surface area contributed by atoms with E-state index in [0.717, 1.165) is 42.4 Å². The van der Waals surface area contributed by atoms with Gasteiger partial charge < -0.3 is 4.74 Å². The van der Waals surface area contributed by atoms with E-state index in [9.17, 15) is 4.79 Å². The number of fused-ring (bicyclic) bond motifs is 3. The Morgan fingerprint density at radius 2 is 1.86 bits per heavy atom. The number of carbonyl (C=O) groups is 1. The molecule has 2 aromatic carbocycles. The Balaban J connectivity index is 1.79. The van der Waals surface area contributed by atoms with Crippen molar-refractivity contribution in [2.75, 3.05) is 12.0 Å². The Hall–Kier alpha value is -2.28. The zero-order valence-electron chi connectivity index (χ0n) is 16.7. The Bertz CT molecular complexity index is 1170. The van der Waals surface area contributed by atoms with E-state index in [2.05, 4.69) is 19.9 Å². The van der Waals surface area contributed by atoms with Crippen LogP contribution in [-0.2, 0) is 10.3 Å². The number of rotatable bonds is 3. The molecule has 0 fully saturated rings. The van der Waals surface area contributed by atoms with Crippen molar-refractivity contribution in [3.05, 3.63) is 68.4 Å². The van der Waals surface area contributed by atoms with Crippen molar-refractivity contribution in [1.82, 2.24) is 0 Å². The molecule has 1 aliphatic heterocycles. The smallest absolute Gasteiger partial charge is 0.251 e. The van der Waals surface area contributed by atoms with E-state index in [-0.39, 0.29) is 5.91 Å². The maximum absolute atomic E-state index is 13.4. The molecule has 1 aromatic heterocycles. The highest BCUT2D eigenvalue weighted by molar-refractivity contribution is 7.80. The van der Waals surface area contributed by atoms with Gasteiger partial charge in [-0.2, -0.15) is 0 Å². The molecular weight excluding hydrogens is 418 g/mol. The summed E-state index contributed by atoms with van der Waals surface area (Å²) in [5.41, 5.74) is 4.65. The van der Waals surface area contributed by atoms with Gasteiger partial charge in [0.1, 0.15) is 9.57 Å². The van der Waals surface area contributed by atoms with Gasteiger partial charge in [0.05, 0.1) is 23.2 Å². The van der Waals surface area contributed by atoms with Crippen LogP contribution in [0.1, 0.15) is 29.9 Å². The predicted octanol–water partition coefficient (Wildman–Crippen LogP) is 6.82. The van der Waals surface area contributed by atoms with Crippen molar-refractivity contribution < 1.29 is 9.53 Å². The Morgan fingerprint density at radius 3 is 2.55 bits per heavy atom. The van der Waals surface area contributed by atoms with Crippen molar-refractivity contribution in [3.63, 3.8) is 0 Å². The fourth-order valence-corrected chi connectivity index (χ4v) is 7.06. The highest BCUT2D eigenvalue weighted by Crippen LogP contribution is 2.53. The van der Waals surface area contributed by atoms with Crippen LogP contribution in [0.5, 0.6) is 5.75 Å². The van der Waals surface area contributed by atoms with E-state index >= 15 is 0 Å². The van der Waals surface area contributed by atoms with E-state index in [4.69, 9.17) is 17.0 Å². The molecule has 0 aliphatic carbocycles. The number of para-hydroxylation sites is 1. The molecule has 3 aromatic rings. The zero-order chi connectivity index (χ0) is 20.8. The zero-order valence-corrected chi connectivity index (χ0v) is 19.1. The number of aryl methyl sites for hydroxylation is 1. The predicted molar refractivity (Wildman–Crippen MR) is 126 cm³/mol. The molecule has 4 rings (SSSR count). The Morgan fingerprint density at radius 1 is 1.14 bits per heavy atom. The standard InChI is InChI=1S/C23H21NO2S3/c1-14-6-5-7-17-19-21(28-29-22(19)27)23(2,3)24(20(14)17)18(25)13-10-15-8-11-16(26-4)12-9-15/h5-13H,1-4H3/b13-10+. The summed E-state index contributed by atoms with van der Waals surface area (Å²) in [6.45, 7) is 6.24. The first-order valence-corrected chi connectivity index (χ1v) is 11.8. The minimum atomic E-state index is -0.478. The third-order valence-corrected chi connectivity index (χ3v) is 8.56. The summed E-state index contributed by atoms with van der Waals surface area (Å²) in [5, 5.41) is 0. The SMILES string of the molecule is COc1ccc(/C=C/C(=O)N2c3c(C)cccc3-c3c(ssc3=S)C2(C)C)cc1. The molecule has 0 unspecified atom stereocenters. The topological polar surface area (TPSA) is 29.5 Å². The molecule has 6 heteroatoms. The number of methoxy groups -OCH3 is 1. The fourth-order valence-electron chi connectivity index (χ4n) is 3.78. The molecule has 1 amide bonds. The fraction of sp³-hybridized carbons (Fsp3) is 0.217. The molecule has 2 heterocycles. The number of carbonyl (C=O) groups excluding carboxylic acids is 1. The van der Waals surface area contributed by atoms with Crippen LogP contribution in [0.25, 0.3) is 17.2 Å². The summed E-state index contributed by atoms with van der Waals surface area (Å²) in [6.07, 6.45) is 3.50. The van der Waals surface area contributed by atoms with Crippen LogP contribution < -0.4 is 9.64 Å². The normalized spacial score (nSPS) is 14.6. The van der Waals surface area contributed by atoms with Gasteiger partial charge in [0, 0.05) is 17.2 Å². The molecule has 0 N–H and O–H groups in total. The van der Waals surface area contributed by atoms with Crippen LogP contribution in [0.4, 0.5) is 5.69 Å². The van der Waals surface area contributed by atoms with Gasteiger partial charge in [0.15, 0.2) is 0 Å². The first-order chi connectivity index (χ1) is 13.8. The molecule has 148 valence electrons. The number of amides is 1. The van der Waals surface area contributed by atoms with E-state index in [1.165, 1.54) is 0 Å². The second-order valence-electron chi connectivity index (χ2n) is 7.47. The summed E-state index contributed by atoms with van der Waals surface area (Å²) in [5.74, 6) is 0.748. The first-order valence-electron chi connectivity index (χ1n) is 9.24. The van der Waals surface area contributed by atoms with Gasteiger partial charge in [-0.15, -0.1) is 0 Å². The van der Waals surface area contributed by atoms with Crippen LogP contribution >= 0.6 is 32.9 Å². The van der Waals surface area contributed by atoms with Gasteiger partial charge >= 0.3 is 0 Å². The van der Waals surface area contributed by atoms with E-state index < -0.39 is 5.54 Å². The monoisotopic (exact) mass is 439 g/mol. The van der Waals surface area contributed by atoms with Crippen molar-refractivity contribution in [2.24, 2.45) is 0 Å². The summed E-state index contributed by atoms with van der Waals surface area (Å²) in [6, 6.07) is 13.8. The summed E-state index contributed by atoms with van der Waals surface area (Å²) < 4.78 is 6.09. The number of anilines is 1. The van der Waals surface area contributed by atoms with Gasteiger partial charge in [-0.3, -0.25) is 9.69 Å². The number of hydrogen-bond acceptors (Lipinski definition) is 5. The van der Waals surface area contributed by atoms with Crippen molar-refractivity contribution in [3.8, 4) is 16.9 Å². The quantitative estimate of drug-likeness (QED) is 0.255. The Labute approximate surface area is 183 Å². The lowest BCUT2D eigenvalue weighted by Gasteiger charge is -2.43. The third kappa shape index (κ3) is 3.35. The maximum atomic E-state index is 13.4. The van der Waals surface area contributed by atoms with Crippen LogP contribution in [0.3, 0.4) is 0 Å². The molecule has 0 atom stereocenters. The third-order valence-electron chi connectivity index (χ3n) is 5.23. The number of benzene rings is 2. The lowest BCUT2D eigenvalue weighted by molar-refractivity contribution is -0.115. The van der Waals surface area contributed by atoms with E-state index in [1.807, 2.05) is 54.3 Å². The van der Waals surface area contributed by atoms with Gasteiger partial charge in [0.25, 0.3) is 5.91 Å². The first kappa shape index (κ1) is 20.0. The molecule has 1 aliphatic rings. The van der Waals surface area contributed by atoms with Crippen LogP contribution in [0, 0.1) is 10.7 Å². The minimum absolute atomic E-state index is 0.0451. The molecule has 0 radical (unpaired) electrons. The molecule has 0 saturated heterocycles. The summed E-state index contributed by atoms with van der Waals surface area (Å²) in [4.78, 5) is 16.5. The molecule has 0 spiro atoms. The Kier molecular flexibility index (Phi) is 5.19. The highest BCUT2D eigenvalue weighted by atomic mass is 32.9. The van der Waals surface area contributed by atoms with Crippen molar-refractivity contribution in [1.29, 1.82) is 0 Å². The second kappa shape index (κ2) is 7.52. The lowest BCUT2D eigenvalue weighted by Crippen LogP contribution is -2.47. The summed E-state index contributed by atoms with van der Waals surface area (Å²) >= 11 is 5.64. The average molecular weight is 440 g/mol. The molecule has 0 saturated carbocycles. The lowest BCUT2D eigenvalue weighted by atomic mass is 9.86. The number of hydrogen-bond donors (Lipinski definition) is 0. The summed E-state index contributed by atoms with van der Waals surface area (Å²) in [7, 11) is 4.92. The van der Waals surface area contributed by atoms with E-state index in [1.54, 1.807) is 33.9 Å². The van der Waals surface area contributed by atoms with Gasteiger partial charge in [-0.1, -0.05) is 63.2 Å². The number of ether oxygens (including phenoxy) is 1. The van der Waals surface area contributed by atoms with Gasteiger partial charge in [0.2, 0.25) is 0 Å². The van der Waals surface area contributed by atoms with Gasteiger partial charge in [-0.05, 0) is 50.1 Å². The highest BCUT2D eigenvalue weighted by Gasteiger charge is 2.42. The molecule has 0 bridgehead atoms. The van der Waals surface area contributed by atoms with Gasteiger partial charge in [-0.25, -0.2) is 0 Å². The maximum Gasteiger partial charge on any atom is 0.251 e. The largest absolute Gasteiger partial charge is 0.497 e. The second-order valence-corrected chi connectivity index (χ2v) is 10.3. The van der Waals surface area contributed by atoms with E-state index in [0.29, 0.717) is 0 Å². The minimum Gasteiger partial charge on any atom is -0.497 e. The van der Waals surface area contributed by atoms with Crippen LogP contribution in [-0.4, -0.2) is 13.0 Å². The number of nitrogens with zero attached hydrogens (tertiary/aromatic N) is 1. The molecular formula is C23H21NO2S3.